The van der Waals surface area contributed by atoms with Crippen molar-refractivity contribution in [3.8, 4) is 0 Å². The summed E-state index contributed by atoms with van der Waals surface area (Å²) in [6.45, 7) is 7.75. The molecule has 2 aromatic rings. The van der Waals surface area contributed by atoms with E-state index in [2.05, 4.69) is 41.9 Å². The molecule has 0 bridgehead atoms. The number of hydrogen-bond donors (Lipinski definition) is 0. The maximum Gasteiger partial charge on any atom is 0.222 e. The van der Waals surface area contributed by atoms with Gasteiger partial charge < -0.3 is 4.42 Å². The predicted molar refractivity (Wildman–Crippen MR) is 87.3 cm³/mol. The van der Waals surface area contributed by atoms with E-state index in [0.717, 1.165) is 42.9 Å². The van der Waals surface area contributed by atoms with Crippen LogP contribution in [0.4, 0.5) is 0 Å². The second-order valence-electron chi connectivity index (χ2n) is 5.81. The molecule has 3 nitrogen and oxygen atoms in total. The molecular weight excluding hydrogens is 260 g/mol. The lowest BCUT2D eigenvalue weighted by atomic mass is 10.1. The first kappa shape index (κ1) is 14.3. The van der Waals surface area contributed by atoms with Gasteiger partial charge in [0.05, 0.1) is 0 Å². The number of oxazole rings is 1. The summed E-state index contributed by atoms with van der Waals surface area (Å²) in [6, 6.07) is 6.31. The Morgan fingerprint density at radius 1 is 1.29 bits per heavy atom. The van der Waals surface area contributed by atoms with Crippen LogP contribution in [0.3, 0.4) is 0 Å². The van der Waals surface area contributed by atoms with Crippen LogP contribution in [0.15, 0.2) is 28.7 Å². The van der Waals surface area contributed by atoms with Crippen molar-refractivity contribution in [2.24, 2.45) is 0 Å². The van der Waals surface area contributed by atoms with Crippen molar-refractivity contribution in [1.82, 2.24) is 9.88 Å². The van der Waals surface area contributed by atoms with Gasteiger partial charge in [0.15, 0.2) is 5.58 Å². The highest BCUT2D eigenvalue weighted by molar-refractivity contribution is 5.76. The fourth-order valence-electron chi connectivity index (χ4n) is 2.82. The second-order valence-corrected chi connectivity index (χ2v) is 5.81. The molecule has 0 fully saturated rings. The van der Waals surface area contributed by atoms with Crippen molar-refractivity contribution >= 4 is 16.7 Å². The molecule has 0 N–H and O–H groups in total. The van der Waals surface area contributed by atoms with Gasteiger partial charge >= 0.3 is 0 Å². The van der Waals surface area contributed by atoms with E-state index in [9.17, 15) is 0 Å². The smallest absolute Gasteiger partial charge is 0.222 e. The minimum atomic E-state index is 0.813. The third-order valence-corrected chi connectivity index (χ3v) is 4.26. The van der Waals surface area contributed by atoms with Crippen LogP contribution in [0.25, 0.3) is 16.7 Å². The number of unbranched alkanes of at least 4 members (excludes halogenated alkanes) is 1. The average molecular weight is 284 g/mol. The first-order valence-corrected chi connectivity index (χ1v) is 8.11. The number of nitrogens with zero attached hydrogens (tertiary/aromatic N) is 2. The Hall–Kier alpha value is -1.61. The first-order chi connectivity index (χ1) is 10.3. The van der Waals surface area contributed by atoms with Crippen molar-refractivity contribution in [1.29, 1.82) is 0 Å². The van der Waals surface area contributed by atoms with Gasteiger partial charge in [0, 0.05) is 18.7 Å². The Bertz CT molecular complexity index is 642. The van der Waals surface area contributed by atoms with Gasteiger partial charge in [-0.1, -0.05) is 32.4 Å². The molecule has 3 heteroatoms. The molecule has 3 rings (SSSR count). The van der Waals surface area contributed by atoms with Gasteiger partial charge in [0.2, 0.25) is 5.89 Å². The summed E-state index contributed by atoms with van der Waals surface area (Å²) in [5.41, 5.74) is 4.46. The molecular formula is C18H24N2O. The Kier molecular flexibility index (Phi) is 4.39. The molecule has 1 aliphatic rings. The molecule has 0 spiro atoms. The Morgan fingerprint density at radius 3 is 2.90 bits per heavy atom. The Balaban J connectivity index is 1.76. The summed E-state index contributed by atoms with van der Waals surface area (Å²) in [6.07, 6.45) is 6.90. The van der Waals surface area contributed by atoms with Crippen molar-refractivity contribution in [3.05, 3.63) is 35.7 Å². The summed E-state index contributed by atoms with van der Waals surface area (Å²) in [4.78, 5) is 7.18. The summed E-state index contributed by atoms with van der Waals surface area (Å²) in [5.74, 6) is 0.813. The summed E-state index contributed by atoms with van der Waals surface area (Å²) in [5, 5.41) is 0. The Labute approximate surface area is 126 Å². The van der Waals surface area contributed by atoms with E-state index >= 15 is 0 Å². The maximum absolute atomic E-state index is 5.93. The van der Waals surface area contributed by atoms with E-state index in [0.29, 0.717) is 0 Å². The van der Waals surface area contributed by atoms with Crippen LogP contribution < -0.4 is 0 Å². The van der Waals surface area contributed by atoms with E-state index in [4.69, 9.17) is 4.42 Å². The SMILES string of the molecule is CCCCN1CC=C(c2nc3cc(CC)ccc3o2)CC1. The fraction of sp³-hybridized carbons (Fsp3) is 0.500. The molecule has 1 aromatic heterocycles. The van der Waals surface area contributed by atoms with E-state index in [1.165, 1.54) is 30.5 Å². The van der Waals surface area contributed by atoms with E-state index < -0.39 is 0 Å². The zero-order valence-electron chi connectivity index (χ0n) is 13.1. The van der Waals surface area contributed by atoms with Crippen LogP contribution in [0.1, 0.15) is 44.6 Å². The highest BCUT2D eigenvalue weighted by atomic mass is 16.3. The van der Waals surface area contributed by atoms with Gasteiger partial charge in [-0.3, -0.25) is 4.90 Å². The molecule has 1 aromatic carbocycles. The topological polar surface area (TPSA) is 29.3 Å². The van der Waals surface area contributed by atoms with Crippen LogP contribution >= 0.6 is 0 Å². The number of fused-ring (bicyclic) bond motifs is 1. The summed E-state index contributed by atoms with van der Waals surface area (Å²) < 4.78 is 5.93. The predicted octanol–water partition coefficient (Wildman–Crippen LogP) is 4.28. The zero-order chi connectivity index (χ0) is 14.7. The minimum Gasteiger partial charge on any atom is -0.436 e. The van der Waals surface area contributed by atoms with Crippen LogP contribution in [0.2, 0.25) is 0 Å². The first-order valence-electron chi connectivity index (χ1n) is 8.11. The van der Waals surface area contributed by atoms with Crippen LogP contribution in [-0.4, -0.2) is 29.5 Å². The third kappa shape index (κ3) is 3.18. The minimum absolute atomic E-state index is 0.813. The number of hydrogen-bond acceptors (Lipinski definition) is 3. The average Bonchev–Trinajstić information content (AvgIpc) is 2.96. The number of aryl methyl sites for hydroxylation is 1. The quantitative estimate of drug-likeness (QED) is 0.820. The van der Waals surface area contributed by atoms with E-state index in [-0.39, 0.29) is 0 Å². The number of benzene rings is 1. The maximum atomic E-state index is 5.93. The van der Waals surface area contributed by atoms with Crippen molar-refractivity contribution in [2.75, 3.05) is 19.6 Å². The standard InChI is InChI=1S/C18H24N2O/c1-3-5-10-20-11-8-15(9-12-20)18-19-16-13-14(4-2)6-7-17(16)21-18/h6-8,13H,3-5,9-12H2,1-2H3. The van der Waals surface area contributed by atoms with Gasteiger partial charge in [0.25, 0.3) is 0 Å². The molecule has 0 amide bonds. The molecule has 0 saturated heterocycles. The molecule has 0 radical (unpaired) electrons. The largest absolute Gasteiger partial charge is 0.436 e. The van der Waals surface area contributed by atoms with Gasteiger partial charge in [-0.05, 0) is 43.5 Å². The van der Waals surface area contributed by atoms with Gasteiger partial charge in [0.1, 0.15) is 5.52 Å². The lowest BCUT2D eigenvalue weighted by Crippen LogP contribution is -2.29. The van der Waals surface area contributed by atoms with Gasteiger partial charge in [-0.2, -0.15) is 0 Å². The van der Waals surface area contributed by atoms with Crippen molar-refractivity contribution in [3.63, 3.8) is 0 Å². The molecule has 1 aliphatic heterocycles. The molecule has 0 saturated carbocycles. The summed E-state index contributed by atoms with van der Waals surface area (Å²) in [7, 11) is 0. The monoisotopic (exact) mass is 284 g/mol. The number of aromatic nitrogens is 1. The van der Waals surface area contributed by atoms with Crippen LogP contribution in [0, 0.1) is 0 Å². The molecule has 2 heterocycles. The molecule has 0 unspecified atom stereocenters. The summed E-state index contributed by atoms with van der Waals surface area (Å²) >= 11 is 0. The second kappa shape index (κ2) is 6.44. The lowest BCUT2D eigenvalue weighted by Gasteiger charge is -2.24. The number of rotatable bonds is 5. The van der Waals surface area contributed by atoms with Gasteiger partial charge in [-0.25, -0.2) is 4.98 Å². The normalized spacial score (nSPS) is 16.4. The zero-order valence-corrected chi connectivity index (χ0v) is 13.1. The molecule has 0 aliphatic carbocycles. The highest BCUT2D eigenvalue weighted by Gasteiger charge is 2.16. The lowest BCUT2D eigenvalue weighted by molar-refractivity contribution is 0.295. The molecule has 0 atom stereocenters. The molecule has 112 valence electrons. The van der Waals surface area contributed by atoms with Crippen molar-refractivity contribution < 1.29 is 4.42 Å². The molecule has 21 heavy (non-hydrogen) atoms. The van der Waals surface area contributed by atoms with E-state index in [1.54, 1.807) is 0 Å². The van der Waals surface area contributed by atoms with Crippen molar-refractivity contribution in [2.45, 2.75) is 39.5 Å². The highest BCUT2D eigenvalue weighted by Crippen LogP contribution is 2.26. The van der Waals surface area contributed by atoms with Gasteiger partial charge in [-0.15, -0.1) is 0 Å². The van der Waals surface area contributed by atoms with Crippen LogP contribution in [0.5, 0.6) is 0 Å². The van der Waals surface area contributed by atoms with E-state index in [1.807, 2.05) is 6.07 Å². The van der Waals surface area contributed by atoms with Crippen LogP contribution in [-0.2, 0) is 6.42 Å². The third-order valence-electron chi connectivity index (χ3n) is 4.26. The fourth-order valence-corrected chi connectivity index (χ4v) is 2.82. The Morgan fingerprint density at radius 2 is 2.19 bits per heavy atom.